The Kier molecular flexibility index (Phi) is 3.09. The summed E-state index contributed by atoms with van der Waals surface area (Å²) in [5.74, 6) is 0.335. The van der Waals surface area contributed by atoms with Crippen LogP contribution in [0.2, 0.25) is 0 Å². The van der Waals surface area contributed by atoms with Crippen LogP contribution in [0.25, 0.3) is 11.3 Å². The lowest BCUT2D eigenvalue weighted by molar-refractivity contribution is 0.102. The van der Waals surface area contributed by atoms with Crippen LogP contribution >= 0.6 is 0 Å². The first-order valence-corrected chi connectivity index (χ1v) is 6.22. The zero-order valence-corrected chi connectivity index (χ0v) is 10.9. The molecule has 0 unspecified atom stereocenters. The highest BCUT2D eigenvalue weighted by atomic mass is 16.5. The minimum atomic E-state index is -0.224. The Morgan fingerprint density at radius 2 is 2.00 bits per heavy atom. The van der Waals surface area contributed by atoms with Crippen LogP contribution in [0, 0.1) is 6.92 Å². The quantitative estimate of drug-likeness (QED) is 0.765. The van der Waals surface area contributed by atoms with E-state index in [9.17, 15) is 4.79 Å². The van der Waals surface area contributed by atoms with E-state index in [4.69, 9.17) is 4.52 Å². The van der Waals surface area contributed by atoms with Crippen LogP contribution in [0.4, 0.5) is 5.69 Å². The highest BCUT2D eigenvalue weighted by molar-refractivity contribution is 6.05. The molecular formula is C15H13N3O2. The first kappa shape index (κ1) is 12.2. The van der Waals surface area contributed by atoms with E-state index in [2.05, 4.69) is 15.5 Å². The number of carbonyl (C=O) groups excluding carboxylic acids is 1. The van der Waals surface area contributed by atoms with Gasteiger partial charge in [-0.05, 0) is 19.1 Å². The molecule has 0 atom stereocenters. The Morgan fingerprint density at radius 1 is 1.20 bits per heavy atom. The van der Waals surface area contributed by atoms with Crippen LogP contribution in [0.3, 0.4) is 0 Å². The molecule has 100 valence electrons. The van der Waals surface area contributed by atoms with Crippen LogP contribution in [0.15, 0.2) is 53.2 Å². The third-order valence-electron chi connectivity index (χ3n) is 2.98. The number of benzene rings is 1. The Balaban J connectivity index is 1.94. The molecule has 5 nitrogen and oxygen atoms in total. The van der Waals surface area contributed by atoms with Crippen LogP contribution in [-0.2, 0) is 0 Å². The fraction of sp³-hybridized carbons (Fsp3) is 0.0667. The standard InChI is InChI=1S/C15H13N3O2/c1-10-13(17-15(19)12-8-5-9-16-12)14(20-18-10)11-6-3-2-4-7-11/h2-9,16H,1H3,(H,17,19). The van der Waals surface area contributed by atoms with Gasteiger partial charge in [-0.15, -0.1) is 0 Å². The molecule has 0 aliphatic carbocycles. The predicted octanol–water partition coefficient (Wildman–Crippen LogP) is 3.23. The number of aryl methyl sites for hydroxylation is 1. The molecule has 3 rings (SSSR count). The lowest BCUT2D eigenvalue weighted by Crippen LogP contribution is -2.13. The highest BCUT2D eigenvalue weighted by Gasteiger charge is 2.18. The summed E-state index contributed by atoms with van der Waals surface area (Å²) >= 11 is 0. The lowest BCUT2D eigenvalue weighted by Gasteiger charge is -2.04. The largest absolute Gasteiger partial charge is 0.357 e. The molecule has 0 radical (unpaired) electrons. The predicted molar refractivity (Wildman–Crippen MR) is 75.4 cm³/mol. The molecule has 0 aliphatic rings. The molecule has 5 heteroatoms. The molecule has 0 saturated heterocycles. The van der Waals surface area contributed by atoms with Crippen molar-refractivity contribution < 1.29 is 9.32 Å². The minimum Gasteiger partial charge on any atom is -0.357 e. The molecule has 0 aliphatic heterocycles. The Labute approximate surface area is 115 Å². The number of rotatable bonds is 3. The van der Waals surface area contributed by atoms with Gasteiger partial charge in [-0.25, -0.2) is 0 Å². The average Bonchev–Trinajstić information content (AvgIpc) is 3.11. The summed E-state index contributed by atoms with van der Waals surface area (Å²) < 4.78 is 5.32. The normalized spacial score (nSPS) is 10.4. The van der Waals surface area contributed by atoms with Crippen LogP contribution in [0.5, 0.6) is 0 Å². The van der Waals surface area contributed by atoms with Crippen LogP contribution in [0.1, 0.15) is 16.2 Å². The number of anilines is 1. The van der Waals surface area contributed by atoms with Crippen molar-refractivity contribution in [3.05, 3.63) is 60.0 Å². The zero-order valence-electron chi connectivity index (χ0n) is 10.9. The fourth-order valence-electron chi connectivity index (χ4n) is 1.96. The molecule has 2 aromatic heterocycles. The van der Waals surface area contributed by atoms with E-state index >= 15 is 0 Å². The van der Waals surface area contributed by atoms with E-state index in [1.165, 1.54) is 0 Å². The second-order valence-corrected chi connectivity index (χ2v) is 4.38. The molecule has 0 bridgehead atoms. The molecule has 0 spiro atoms. The van der Waals surface area contributed by atoms with Gasteiger partial charge in [0.2, 0.25) is 0 Å². The molecule has 2 heterocycles. The van der Waals surface area contributed by atoms with Crippen molar-refractivity contribution >= 4 is 11.6 Å². The number of nitrogens with one attached hydrogen (secondary N) is 2. The van der Waals surface area contributed by atoms with Crippen molar-refractivity contribution in [3.8, 4) is 11.3 Å². The summed E-state index contributed by atoms with van der Waals surface area (Å²) in [6.07, 6.45) is 1.70. The topological polar surface area (TPSA) is 70.9 Å². The van der Waals surface area contributed by atoms with Gasteiger partial charge in [0, 0.05) is 11.8 Å². The summed E-state index contributed by atoms with van der Waals surface area (Å²) in [6, 6.07) is 13.0. The van der Waals surface area contributed by atoms with E-state index in [0.717, 1.165) is 5.56 Å². The minimum absolute atomic E-state index is 0.224. The maximum atomic E-state index is 12.1. The van der Waals surface area contributed by atoms with Gasteiger partial charge < -0.3 is 14.8 Å². The SMILES string of the molecule is Cc1noc(-c2ccccc2)c1NC(=O)c1ccc[nH]1. The van der Waals surface area contributed by atoms with Crippen molar-refractivity contribution in [1.29, 1.82) is 0 Å². The highest BCUT2D eigenvalue weighted by Crippen LogP contribution is 2.30. The summed E-state index contributed by atoms with van der Waals surface area (Å²) in [7, 11) is 0. The molecule has 1 amide bonds. The number of amides is 1. The smallest absolute Gasteiger partial charge is 0.272 e. The molecular weight excluding hydrogens is 254 g/mol. The van der Waals surface area contributed by atoms with Gasteiger partial charge in [-0.2, -0.15) is 0 Å². The zero-order chi connectivity index (χ0) is 13.9. The third-order valence-corrected chi connectivity index (χ3v) is 2.98. The van der Waals surface area contributed by atoms with Gasteiger partial charge >= 0.3 is 0 Å². The number of aromatic amines is 1. The Hall–Kier alpha value is -2.82. The van der Waals surface area contributed by atoms with E-state index in [1.807, 2.05) is 30.3 Å². The summed E-state index contributed by atoms with van der Waals surface area (Å²) in [4.78, 5) is 15.0. The van der Waals surface area contributed by atoms with Crippen molar-refractivity contribution in [2.24, 2.45) is 0 Å². The molecule has 2 N–H and O–H groups in total. The van der Waals surface area contributed by atoms with Crippen LogP contribution < -0.4 is 5.32 Å². The number of nitrogens with zero attached hydrogens (tertiary/aromatic N) is 1. The van der Waals surface area contributed by atoms with E-state index in [-0.39, 0.29) is 5.91 Å². The molecule has 20 heavy (non-hydrogen) atoms. The fourth-order valence-corrected chi connectivity index (χ4v) is 1.96. The number of aromatic nitrogens is 2. The average molecular weight is 267 g/mol. The number of hydrogen-bond donors (Lipinski definition) is 2. The maximum Gasteiger partial charge on any atom is 0.272 e. The van der Waals surface area contributed by atoms with Gasteiger partial charge in [0.25, 0.3) is 5.91 Å². The van der Waals surface area contributed by atoms with Gasteiger partial charge in [-0.1, -0.05) is 35.5 Å². The molecule has 0 saturated carbocycles. The lowest BCUT2D eigenvalue weighted by atomic mass is 10.1. The van der Waals surface area contributed by atoms with Crippen molar-refractivity contribution in [2.75, 3.05) is 5.32 Å². The van der Waals surface area contributed by atoms with Gasteiger partial charge in [-0.3, -0.25) is 4.79 Å². The second-order valence-electron chi connectivity index (χ2n) is 4.38. The Morgan fingerprint density at radius 3 is 2.70 bits per heavy atom. The van der Waals surface area contributed by atoms with Gasteiger partial charge in [0.05, 0.1) is 0 Å². The molecule has 0 fully saturated rings. The van der Waals surface area contributed by atoms with Crippen molar-refractivity contribution in [1.82, 2.24) is 10.1 Å². The third kappa shape index (κ3) is 2.21. The van der Waals surface area contributed by atoms with Crippen LogP contribution in [-0.4, -0.2) is 16.0 Å². The summed E-state index contributed by atoms with van der Waals surface area (Å²) in [5, 5.41) is 6.76. The first-order valence-electron chi connectivity index (χ1n) is 6.22. The summed E-state index contributed by atoms with van der Waals surface area (Å²) in [5.41, 5.74) is 2.60. The van der Waals surface area contributed by atoms with Gasteiger partial charge in [0.15, 0.2) is 5.76 Å². The first-order chi connectivity index (χ1) is 9.75. The number of H-pyrrole nitrogens is 1. The monoisotopic (exact) mass is 267 g/mol. The van der Waals surface area contributed by atoms with E-state index in [1.54, 1.807) is 25.3 Å². The Bertz CT molecular complexity index is 715. The summed E-state index contributed by atoms with van der Waals surface area (Å²) in [6.45, 7) is 1.79. The van der Waals surface area contributed by atoms with Gasteiger partial charge in [0.1, 0.15) is 17.1 Å². The van der Waals surface area contributed by atoms with E-state index in [0.29, 0.717) is 22.8 Å². The molecule has 1 aromatic carbocycles. The van der Waals surface area contributed by atoms with Crippen molar-refractivity contribution in [2.45, 2.75) is 6.92 Å². The molecule has 3 aromatic rings. The number of carbonyl (C=O) groups is 1. The number of hydrogen-bond acceptors (Lipinski definition) is 3. The second kappa shape index (κ2) is 5.05. The maximum absolute atomic E-state index is 12.1. The van der Waals surface area contributed by atoms with E-state index < -0.39 is 0 Å². The van der Waals surface area contributed by atoms with Crippen molar-refractivity contribution in [3.63, 3.8) is 0 Å².